The molecule has 1 aliphatic heterocycles. The second-order valence-electron chi connectivity index (χ2n) is 7.21. The Hall–Kier alpha value is -3.98. The molecule has 1 unspecified atom stereocenters. The number of rotatable bonds is 5. The Balaban J connectivity index is 1.75. The van der Waals surface area contributed by atoms with Crippen molar-refractivity contribution in [1.29, 1.82) is 0 Å². The fourth-order valence-electron chi connectivity index (χ4n) is 3.10. The van der Waals surface area contributed by atoms with Crippen molar-refractivity contribution in [3.63, 3.8) is 0 Å². The first kappa shape index (κ1) is 24.7. The molecule has 184 valence electrons. The summed E-state index contributed by atoms with van der Waals surface area (Å²) < 4.78 is 15.1. The van der Waals surface area contributed by atoms with Gasteiger partial charge in [-0.15, -0.1) is 0 Å². The highest BCUT2D eigenvalue weighted by Crippen LogP contribution is 2.37. The molecule has 14 heteroatoms. The number of benzene rings is 2. The topological polar surface area (TPSA) is 244 Å². The van der Waals surface area contributed by atoms with Gasteiger partial charge in [0.25, 0.3) is 0 Å². The molecule has 34 heavy (non-hydrogen) atoms. The average molecular weight is 484 g/mol. The molecule has 0 aliphatic carbocycles. The Kier molecular flexibility index (Phi) is 6.88. The van der Waals surface area contributed by atoms with Crippen LogP contribution in [0.2, 0.25) is 0 Å². The maximum atomic E-state index is 12.4. The summed E-state index contributed by atoms with van der Waals surface area (Å²) in [4.78, 5) is 24.7. The highest BCUT2D eigenvalue weighted by molar-refractivity contribution is 5.92. The second kappa shape index (κ2) is 9.48. The van der Waals surface area contributed by atoms with Crippen LogP contribution in [0, 0.1) is 0 Å². The van der Waals surface area contributed by atoms with Crippen molar-refractivity contribution in [2.24, 2.45) is 0 Å². The quantitative estimate of drug-likeness (QED) is 0.178. The van der Waals surface area contributed by atoms with Crippen molar-refractivity contribution in [2.45, 2.75) is 30.7 Å². The minimum atomic E-state index is -2.01. The van der Waals surface area contributed by atoms with E-state index in [0.29, 0.717) is 0 Å². The van der Waals surface area contributed by atoms with Gasteiger partial charge in [0, 0.05) is 0 Å². The fourth-order valence-corrected chi connectivity index (χ4v) is 3.10. The number of aliphatic hydroxyl groups is 3. The predicted molar refractivity (Wildman–Crippen MR) is 105 cm³/mol. The Morgan fingerprint density at radius 1 is 0.735 bits per heavy atom. The first-order chi connectivity index (χ1) is 15.9. The first-order valence-electron chi connectivity index (χ1n) is 9.48. The van der Waals surface area contributed by atoms with E-state index in [9.17, 15) is 55.5 Å². The van der Waals surface area contributed by atoms with Crippen LogP contribution in [-0.2, 0) is 14.2 Å². The molecule has 1 heterocycles. The number of esters is 2. The van der Waals surface area contributed by atoms with E-state index >= 15 is 0 Å². The van der Waals surface area contributed by atoms with E-state index in [2.05, 4.69) is 0 Å². The van der Waals surface area contributed by atoms with Gasteiger partial charge in [-0.1, -0.05) is 0 Å². The Bertz CT molecular complexity index is 1050. The Morgan fingerprint density at radius 3 is 1.56 bits per heavy atom. The van der Waals surface area contributed by atoms with E-state index in [4.69, 9.17) is 14.2 Å². The Morgan fingerprint density at radius 2 is 1.15 bits per heavy atom. The molecule has 2 aromatic rings. The summed E-state index contributed by atoms with van der Waals surface area (Å²) in [6.07, 6.45) is -9.10. The van der Waals surface area contributed by atoms with E-state index in [1.807, 2.05) is 0 Å². The van der Waals surface area contributed by atoms with Crippen LogP contribution in [-0.4, -0.2) is 95.2 Å². The van der Waals surface area contributed by atoms with E-state index in [1.165, 1.54) is 0 Å². The van der Waals surface area contributed by atoms with Gasteiger partial charge in [0.05, 0.1) is 17.7 Å². The zero-order valence-electron chi connectivity index (χ0n) is 17.0. The summed E-state index contributed by atoms with van der Waals surface area (Å²) >= 11 is 0. The van der Waals surface area contributed by atoms with Crippen LogP contribution in [0.25, 0.3) is 0 Å². The standard InChI is InChI=1S/C20H20O14/c21-5-12-17(33-18(30)6-1-8(22)13(26)9(23)2-6)15(28)16(29)20(32-12)34-19(31)7-3-10(24)14(27)11(25)4-7/h1-4,12,15-17,20-29H,5H2/t12-,15-,16-,17-,20?/m1/s1. The molecule has 0 aromatic heterocycles. The third-order valence-electron chi connectivity index (χ3n) is 4.90. The lowest BCUT2D eigenvalue weighted by molar-refractivity contribution is -0.284. The molecule has 5 atom stereocenters. The molecular formula is C20H20O14. The molecule has 1 aliphatic rings. The molecule has 0 saturated carbocycles. The van der Waals surface area contributed by atoms with Gasteiger partial charge in [-0.05, 0) is 24.3 Å². The largest absolute Gasteiger partial charge is 0.504 e. The number of hydrogen-bond donors (Lipinski definition) is 9. The molecule has 1 saturated heterocycles. The third-order valence-corrected chi connectivity index (χ3v) is 4.90. The molecular weight excluding hydrogens is 464 g/mol. The Labute approximate surface area is 189 Å². The zero-order chi connectivity index (χ0) is 25.3. The van der Waals surface area contributed by atoms with Gasteiger partial charge in [-0.25, -0.2) is 9.59 Å². The number of aromatic hydroxyl groups is 6. The number of carbonyl (C=O) groups is 2. The van der Waals surface area contributed by atoms with Gasteiger partial charge >= 0.3 is 11.9 Å². The van der Waals surface area contributed by atoms with E-state index in [1.54, 1.807) is 0 Å². The van der Waals surface area contributed by atoms with Gasteiger partial charge in [-0.2, -0.15) is 0 Å². The predicted octanol–water partition coefficient (Wildman–Crippen LogP) is -1.26. The lowest BCUT2D eigenvalue weighted by Gasteiger charge is -2.40. The van der Waals surface area contributed by atoms with Crippen molar-refractivity contribution in [2.75, 3.05) is 6.61 Å². The molecule has 0 radical (unpaired) electrons. The highest BCUT2D eigenvalue weighted by atomic mass is 16.7. The van der Waals surface area contributed by atoms with Crippen molar-refractivity contribution >= 4 is 11.9 Å². The molecule has 9 N–H and O–H groups in total. The summed E-state index contributed by atoms with van der Waals surface area (Å²) in [5.41, 5.74) is -0.911. The molecule has 3 rings (SSSR count). The molecule has 0 spiro atoms. The van der Waals surface area contributed by atoms with Crippen LogP contribution in [0.5, 0.6) is 34.5 Å². The van der Waals surface area contributed by atoms with Gasteiger partial charge in [0.1, 0.15) is 18.3 Å². The van der Waals surface area contributed by atoms with Crippen molar-refractivity contribution in [3.8, 4) is 34.5 Å². The van der Waals surface area contributed by atoms with Gasteiger partial charge < -0.3 is 60.2 Å². The number of carbonyl (C=O) groups excluding carboxylic acids is 2. The summed E-state index contributed by atoms with van der Waals surface area (Å²) in [7, 11) is 0. The van der Waals surface area contributed by atoms with Crippen LogP contribution in [0.3, 0.4) is 0 Å². The van der Waals surface area contributed by atoms with Crippen LogP contribution in [0.4, 0.5) is 0 Å². The van der Waals surface area contributed by atoms with E-state index < -0.39 is 94.9 Å². The summed E-state index contributed by atoms with van der Waals surface area (Å²) in [6, 6.07) is 3.01. The van der Waals surface area contributed by atoms with Gasteiger partial charge in [-0.3, -0.25) is 0 Å². The monoisotopic (exact) mass is 484 g/mol. The zero-order valence-corrected chi connectivity index (χ0v) is 17.0. The van der Waals surface area contributed by atoms with Gasteiger partial charge in [0.15, 0.2) is 40.6 Å². The maximum Gasteiger partial charge on any atom is 0.340 e. The highest BCUT2D eigenvalue weighted by Gasteiger charge is 2.48. The van der Waals surface area contributed by atoms with E-state index in [0.717, 1.165) is 24.3 Å². The maximum absolute atomic E-state index is 12.4. The number of phenolic OH excluding ortho intramolecular Hbond substituents is 6. The van der Waals surface area contributed by atoms with Crippen LogP contribution in [0.15, 0.2) is 24.3 Å². The van der Waals surface area contributed by atoms with Crippen molar-refractivity contribution in [1.82, 2.24) is 0 Å². The van der Waals surface area contributed by atoms with Crippen LogP contribution >= 0.6 is 0 Å². The smallest absolute Gasteiger partial charge is 0.340 e. The van der Waals surface area contributed by atoms with Crippen molar-refractivity contribution < 1.29 is 69.8 Å². The fraction of sp³-hybridized carbons (Fsp3) is 0.300. The van der Waals surface area contributed by atoms with E-state index in [-0.39, 0.29) is 0 Å². The lowest BCUT2D eigenvalue weighted by Crippen LogP contribution is -2.60. The second-order valence-corrected chi connectivity index (χ2v) is 7.21. The number of hydrogen-bond acceptors (Lipinski definition) is 14. The lowest BCUT2D eigenvalue weighted by atomic mass is 9.98. The molecule has 2 aromatic carbocycles. The number of ether oxygens (including phenoxy) is 3. The van der Waals surface area contributed by atoms with Crippen LogP contribution in [0.1, 0.15) is 20.7 Å². The molecule has 14 nitrogen and oxygen atoms in total. The molecule has 1 fully saturated rings. The summed E-state index contributed by atoms with van der Waals surface area (Å²) in [6.45, 7) is -0.886. The van der Waals surface area contributed by atoms with Crippen LogP contribution < -0.4 is 0 Å². The minimum Gasteiger partial charge on any atom is -0.504 e. The minimum absolute atomic E-state index is 0.452. The first-order valence-corrected chi connectivity index (χ1v) is 9.48. The summed E-state index contributed by atoms with van der Waals surface area (Å²) in [5, 5.41) is 87.1. The number of aliphatic hydroxyl groups excluding tert-OH is 3. The third kappa shape index (κ3) is 4.69. The molecule has 0 amide bonds. The average Bonchev–Trinajstić information content (AvgIpc) is 2.79. The van der Waals surface area contributed by atoms with Gasteiger partial charge in [0.2, 0.25) is 6.29 Å². The SMILES string of the molecule is O=C(OC1O[C@H](CO)[C@@H](OC(=O)c2cc(O)c(O)c(O)c2)[C@H](O)[C@H]1O)c1cc(O)c(O)c(O)c1. The normalized spacial score (nSPS) is 24.4. The number of phenols is 6. The van der Waals surface area contributed by atoms with Crippen molar-refractivity contribution in [3.05, 3.63) is 35.4 Å². The summed E-state index contributed by atoms with van der Waals surface area (Å²) in [5.74, 6) is -7.65. The molecule has 0 bridgehead atoms.